The Hall–Kier alpha value is -1.13. The van der Waals surface area contributed by atoms with E-state index < -0.39 is 42.2 Å². The summed E-state index contributed by atoms with van der Waals surface area (Å²) in [4.78, 5) is 4.52. The van der Waals surface area contributed by atoms with Crippen LogP contribution in [-0.2, 0) is 4.74 Å². The standard InChI is InChI=1S/C17H15Br2FN4O5S2/c18-7-1-6(2-8(19)12(7)20)31-16-15(27)13(14(26)11(4-25)29-16)24-3-9(22-23-24)10-5-30-17(28)21-10/h1-3,5,11,13-16,25-27H,4H2,(H,21,28)/t11?,13?,14-,15?,16+/m0/s1. The van der Waals surface area contributed by atoms with Crippen LogP contribution in [0.5, 0.6) is 5.19 Å². The topological polar surface area (TPSA) is 134 Å². The molecule has 0 aliphatic carbocycles. The molecule has 166 valence electrons. The number of aromatic nitrogens is 4. The molecule has 9 nitrogen and oxygen atoms in total. The second-order valence-electron chi connectivity index (χ2n) is 6.62. The molecule has 1 fully saturated rings. The van der Waals surface area contributed by atoms with Crippen molar-refractivity contribution in [2.45, 2.75) is 34.7 Å². The molecular formula is C17H15Br2FN4O5S2. The summed E-state index contributed by atoms with van der Waals surface area (Å²) in [5, 5.41) is 50.3. The quantitative estimate of drug-likeness (QED) is 0.327. The number of aromatic hydroxyl groups is 1. The summed E-state index contributed by atoms with van der Waals surface area (Å²) in [6.45, 7) is -0.486. The van der Waals surface area contributed by atoms with Gasteiger partial charge in [-0.3, -0.25) is 0 Å². The normalized spacial score (nSPS) is 26.3. The number of halogens is 3. The average molecular weight is 598 g/mol. The van der Waals surface area contributed by atoms with Crippen LogP contribution in [0.1, 0.15) is 6.04 Å². The molecular weight excluding hydrogens is 583 g/mol. The van der Waals surface area contributed by atoms with Gasteiger partial charge in [0.05, 0.1) is 21.7 Å². The second kappa shape index (κ2) is 9.39. The zero-order valence-electron chi connectivity index (χ0n) is 15.3. The Balaban J connectivity index is 1.62. The number of benzene rings is 1. The Labute approximate surface area is 200 Å². The summed E-state index contributed by atoms with van der Waals surface area (Å²) in [5.74, 6) is -0.459. The number of hydrogen-bond acceptors (Lipinski definition) is 10. The molecule has 0 radical (unpaired) electrons. The van der Waals surface area contributed by atoms with Gasteiger partial charge in [0.25, 0.3) is 5.19 Å². The van der Waals surface area contributed by atoms with Gasteiger partial charge in [0.1, 0.15) is 41.2 Å². The molecule has 2 aromatic heterocycles. The van der Waals surface area contributed by atoms with Crippen molar-refractivity contribution in [3.05, 3.63) is 38.5 Å². The van der Waals surface area contributed by atoms with Crippen molar-refractivity contribution in [1.82, 2.24) is 20.0 Å². The Morgan fingerprint density at radius 3 is 2.52 bits per heavy atom. The van der Waals surface area contributed by atoms with Gasteiger partial charge in [-0.25, -0.2) is 14.1 Å². The lowest BCUT2D eigenvalue weighted by molar-refractivity contribution is -0.178. The Morgan fingerprint density at radius 2 is 1.90 bits per heavy atom. The van der Waals surface area contributed by atoms with E-state index in [2.05, 4.69) is 47.2 Å². The molecule has 0 spiro atoms. The molecule has 0 bridgehead atoms. The van der Waals surface area contributed by atoms with E-state index in [4.69, 9.17) is 4.74 Å². The molecule has 14 heteroatoms. The lowest BCUT2D eigenvalue weighted by Crippen LogP contribution is -2.55. The fraction of sp³-hybridized carbons (Fsp3) is 0.353. The third-order valence-corrected chi connectivity index (χ3v) is 7.56. The van der Waals surface area contributed by atoms with Crippen molar-refractivity contribution in [3.63, 3.8) is 0 Å². The number of rotatable bonds is 5. The Morgan fingerprint density at radius 1 is 1.19 bits per heavy atom. The summed E-state index contributed by atoms with van der Waals surface area (Å²) in [6, 6.07) is 2.10. The van der Waals surface area contributed by atoms with Gasteiger partial charge in [-0.1, -0.05) is 28.3 Å². The van der Waals surface area contributed by atoms with Crippen LogP contribution in [0.4, 0.5) is 4.39 Å². The van der Waals surface area contributed by atoms with E-state index >= 15 is 0 Å². The number of nitrogens with zero attached hydrogens (tertiary/aromatic N) is 4. The molecule has 4 N–H and O–H groups in total. The van der Waals surface area contributed by atoms with Gasteiger partial charge in [-0.15, -0.1) is 5.10 Å². The Bertz CT molecular complexity index is 1060. The molecule has 0 saturated carbocycles. The van der Waals surface area contributed by atoms with E-state index in [9.17, 15) is 24.8 Å². The zero-order chi connectivity index (χ0) is 22.3. The highest BCUT2D eigenvalue weighted by Crippen LogP contribution is 2.40. The largest absolute Gasteiger partial charge is 0.486 e. The number of thioether (sulfide) groups is 1. The Kier molecular flexibility index (Phi) is 6.98. The molecule has 4 rings (SSSR count). The predicted octanol–water partition coefficient (Wildman–Crippen LogP) is 2.54. The highest BCUT2D eigenvalue weighted by molar-refractivity contribution is 9.11. The minimum Gasteiger partial charge on any atom is -0.486 e. The maximum absolute atomic E-state index is 13.9. The van der Waals surface area contributed by atoms with Gasteiger partial charge in [-0.2, -0.15) is 0 Å². The average Bonchev–Trinajstić information content (AvgIpc) is 3.37. The number of hydrogen-bond donors (Lipinski definition) is 4. The van der Waals surface area contributed by atoms with Gasteiger partial charge in [-0.05, 0) is 44.0 Å². The summed E-state index contributed by atoms with van der Waals surface area (Å²) >= 11 is 8.42. The molecule has 0 amide bonds. The van der Waals surface area contributed by atoms with Gasteiger partial charge in [0.15, 0.2) is 5.82 Å². The SMILES string of the molecule is OCC1O[C@H](Sc2cc(Br)c(F)c(Br)c2)C(O)C(n2cc(-c3csc(O)n3)nn2)[C@H]1O. The maximum atomic E-state index is 13.9. The zero-order valence-corrected chi connectivity index (χ0v) is 20.1. The van der Waals surface area contributed by atoms with Crippen LogP contribution in [0.3, 0.4) is 0 Å². The van der Waals surface area contributed by atoms with Gasteiger partial charge in [0.2, 0.25) is 0 Å². The molecule has 1 aromatic carbocycles. The second-order valence-corrected chi connectivity index (χ2v) is 10.3. The molecule has 1 aliphatic rings. The molecule has 3 unspecified atom stereocenters. The fourth-order valence-corrected chi connectivity index (χ4v) is 6.30. The molecule has 3 heterocycles. The van der Waals surface area contributed by atoms with Crippen molar-refractivity contribution >= 4 is 55.0 Å². The number of aliphatic hydroxyl groups excluding tert-OH is 3. The molecule has 3 aromatic rings. The fourth-order valence-electron chi connectivity index (χ4n) is 3.13. The first-order valence-corrected chi connectivity index (χ1v) is 12.1. The number of thiazole rings is 1. The first kappa shape index (κ1) is 23.0. The van der Waals surface area contributed by atoms with Crippen molar-refractivity contribution in [2.24, 2.45) is 0 Å². The molecule has 1 aliphatic heterocycles. The van der Waals surface area contributed by atoms with E-state index in [-0.39, 0.29) is 14.1 Å². The van der Waals surface area contributed by atoms with Crippen LogP contribution < -0.4 is 0 Å². The van der Waals surface area contributed by atoms with E-state index in [1.54, 1.807) is 5.38 Å². The van der Waals surface area contributed by atoms with Crippen molar-refractivity contribution in [3.8, 4) is 16.6 Å². The number of aliphatic hydroxyl groups is 3. The van der Waals surface area contributed by atoms with Crippen molar-refractivity contribution in [2.75, 3.05) is 6.61 Å². The van der Waals surface area contributed by atoms with Gasteiger partial charge in [0, 0.05) is 10.3 Å². The predicted molar refractivity (Wildman–Crippen MR) is 117 cm³/mol. The van der Waals surface area contributed by atoms with Crippen molar-refractivity contribution in [1.29, 1.82) is 0 Å². The highest BCUT2D eigenvalue weighted by atomic mass is 79.9. The third-order valence-electron chi connectivity index (χ3n) is 4.63. The third kappa shape index (κ3) is 4.66. The monoisotopic (exact) mass is 596 g/mol. The number of ether oxygens (including phenoxy) is 1. The van der Waals surface area contributed by atoms with Crippen LogP contribution in [-0.4, -0.2) is 70.8 Å². The summed E-state index contributed by atoms with van der Waals surface area (Å²) < 4.78 is 21.3. The smallest absolute Gasteiger partial charge is 0.271 e. The van der Waals surface area contributed by atoms with Crippen molar-refractivity contribution < 1.29 is 29.6 Å². The van der Waals surface area contributed by atoms with Crippen LogP contribution in [0, 0.1) is 5.82 Å². The summed E-state index contributed by atoms with van der Waals surface area (Å²) in [6.07, 6.45) is -2.03. The van der Waals surface area contributed by atoms with E-state index in [0.29, 0.717) is 16.3 Å². The molecule has 31 heavy (non-hydrogen) atoms. The summed E-state index contributed by atoms with van der Waals surface area (Å²) in [5.41, 5.74) is -0.153. The van der Waals surface area contributed by atoms with E-state index in [0.717, 1.165) is 23.1 Å². The maximum Gasteiger partial charge on any atom is 0.271 e. The first-order valence-electron chi connectivity index (χ1n) is 8.79. The minimum atomic E-state index is -1.28. The summed E-state index contributed by atoms with van der Waals surface area (Å²) in [7, 11) is 0. The first-order chi connectivity index (χ1) is 14.8. The molecule has 5 atom stereocenters. The lowest BCUT2D eigenvalue weighted by atomic mass is 9.97. The van der Waals surface area contributed by atoms with Crippen LogP contribution in [0.25, 0.3) is 11.4 Å². The van der Waals surface area contributed by atoms with E-state index in [1.165, 1.54) is 23.0 Å². The minimum absolute atomic E-state index is 0.121. The van der Waals surface area contributed by atoms with Crippen LogP contribution >= 0.6 is 55.0 Å². The van der Waals surface area contributed by atoms with Crippen LogP contribution in [0.15, 0.2) is 37.6 Å². The van der Waals surface area contributed by atoms with Crippen LogP contribution in [0.2, 0.25) is 0 Å². The van der Waals surface area contributed by atoms with E-state index in [1.807, 2.05) is 0 Å². The van der Waals surface area contributed by atoms with Gasteiger partial charge >= 0.3 is 0 Å². The molecule has 1 saturated heterocycles. The highest BCUT2D eigenvalue weighted by Gasteiger charge is 2.46. The lowest BCUT2D eigenvalue weighted by Gasteiger charge is -2.41. The van der Waals surface area contributed by atoms with Gasteiger partial charge < -0.3 is 25.2 Å².